The van der Waals surface area contributed by atoms with Crippen molar-refractivity contribution in [3.63, 3.8) is 0 Å². The van der Waals surface area contributed by atoms with Gasteiger partial charge < -0.3 is 14.7 Å². The van der Waals surface area contributed by atoms with Gasteiger partial charge in [-0.25, -0.2) is 4.79 Å². The van der Waals surface area contributed by atoms with Crippen molar-refractivity contribution in [3.05, 3.63) is 0 Å². The fourth-order valence-corrected chi connectivity index (χ4v) is 1.76. The summed E-state index contributed by atoms with van der Waals surface area (Å²) in [4.78, 5) is 24.4. The van der Waals surface area contributed by atoms with E-state index in [2.05, 4.69) is 4.74 Å². The number of esters is 1. The summed E-state index contributed by atoms with van der Waals surface area (Å²) in [6.45, 7) is 3.95. The van der Waals surface area contributed by atoms with Gasteiger partial charge >= 0.3 is 5.97 Å². The summed E-state index contributed by atoms with van der Waals surface area (Å²) in [5, 5.41) is 9.73. The maximum atomic E-state index is 11.6. The van der Waals surface area contributed by atoms with Crippen LogP contribution in [0.25, 0.3) is 0 Å². The predicted molar refractivity (Wildman–Crippen MR) is 57.6 cm³/mol. The van der Waals surface area contributed by atoms with Crippen molar-refractivity contribution in [2.45, 2.75) is 38.8 Å². The number of aliphatic hydroxyl groups is 1. The first-order chi connectivity index (χ1) is 7.47. The van der Waals surface area contributed by atoms with Crippen molar-refractivity contribution in [3.8, 4) is 0 Å². The summed E-state index contributed by atoms with van der Waals surface area (Å²) >= 11 is 0. The molecule has 5 nitrogen and oxygen atoms in total. The van der Waals surface area contributed by atoms with Crippen molar-refractivity contribution in [1.29, 1.82) is 0 Å². The largest absolute Gasteiger partial charge is 0.467 e. The fourth-order valence-electron chi connectivity index (χ4n) is 1.76. The van der Waals surface area contributed by atoms with E-state index in [0.717, 1.165) is 0 Å². The fraction of sp³-hybridized carbons (Fsp3) is 0.818. The first kappa shape index (κ1) is 13.0. The molecule has 1 saturated heterocycles. The molecule has 0 bridgehead atoms. The van der Waals surface area contributed by atoms with Gasteiger partial charge in [-0.2, -0.15) is 0 Å². The van der Waals surface area contributed by atoms with Gasteiger partial charge in [-0.3, -0.25) is 4.79 Å². The molecule has 0 spiro atoms. The smallest absolute Gasteiger partial charge is 0.328 e. The molecule has 1 aliphatic heterocycles. The van der Waals surface area contributed by atoms with Crippen LogP contribution in [0.15, 0.2) is 0 Å². The summed E-state index contributed by atoms with van der Waals surface area (Å²) in [5.74, 6) is -0.427. The quantitative estimate of drug-likeness (QED) is 0.698. The SMILES string of the molecule is COC(=O)[C@@H]1CCC(=O)N1CC(O)C(C)C. The zero-order chi connectivity index (χ0) is 12.3. The Kier molecular flexibility index (Phi) is 4.29. The second-order valence-corrected chi connectivity index (χ2v) is 4.44. The Morgan fingerprint density at radius 2 is 2.25 bits per heavy atom. The number of hydrogen-bond acceptors (Lipinski definition) is 4. The molecule has 0 aromatic carbocycles. The summed E-state index contributed by atoms with van der Waals surface area (Å²) < 4.78 is 4.64. The third-order valence-electron chi connectivity index (χ3n) is 2.95. The summed E-state index contributed by atoms with van der Waals surface area (Å²) in [6.07, 6.45) is 0.232. The Labute approximate surface area is 95.4 Å². The number of carbonyl (C=O) groups is 2. The Morgan fingerprint density at radius 1 is 1.62 bits per heavy atom. The van der Waals surface area contributed by atoms with E-state index in [0.29, 0.717) is 12.8 Å². The highest BCUT2D eigenvalue weighted by Crippen LogP contribution is 2.21. The van der Waals surface area contributed by atoms with Crippen LogP contribution < -0.4 is 0 Å². The lowest BCUT2D eigenvalue weighted by atomic mass is 10.1. The number of aliphatic hydroxyl groups excluding tert-OH is 1. The molecule has 1 heterocycles. The monoisotopic (exact) mass is 229 g/mol. The van der Waals surface area contributed by atoms with Crippen molar-refractivity contribution < 1.29 is 19.4 Å². The lowest BCUT2D eigenvalue weighted by molar-refractivity contribution is -0.150. The van der Waals surface area contributed by atoms with E-state index in [-0.39, 0.29) is 18.4 Å². The number of rotatable bonds is 4. The van der Waals surface area contributed by atoms with Crippen LogP contribution in [0.5, 0.6) is 0 Å². The Hall–Kier alpha value is -1.10. The molecule has 0 aromatic heterocycles. The van der Waals surface area contributed by atoms with E-state index >= 15 is 0 Å². The second kappa shape index (κ2) is 5.30. The molecule has 0 aromatic rings. The molecule has 92 valence electrons. The van der Waals surface area contributed by atoms with Crippen LogP contribution in [-0.4, -0.2) is 47.7 Å². The van der Waals surface area contributed by atoms with Crippen LogP contribution >= 0.6 is 0 Å². The van der Waals surface area contributed by atoms with Crippen LogP contribution in [0.3, 0.4) is 0 Å². The van der Waals surface area contributed by atoms with E-state index in [4.69, 9.17) is 0 Å². The van der Waals surface area contributed by atoms with Gasteiger partial charge in [0.2, 0.25) is 5.91 Å². The predicted octanol–water partition coefficient (Wildman–Crippen LogP) is 0.167. The molecule has 0 aliphatic carbocycles. The van der Waals surface area contributed by atoms with Crippen LogP contribution in [0.2, 0.25) is 0 Å². The van der Waals surface area contributed by atoms with E-state index in [1.54, 1.807) is 0 Å². The van der Waals surface area contributed by atoms with Gasteiger partial charge in [0.15, 0.2) is 0 Å². The third-order valence-corrected chi connectivity index (χ3v) is 2.95. The van der Waals surface area contributed by atoms with Crippen molar-refractivity contribution in [1.82, 2.24) is 4.90 Å². The summed E-state index contributed by atoms with van der Waals surface area (Å²) in [6, 6.07) is -0.522. The van der Waals surface area contributed by atoms with Gasteiger partial charge in [-0.1, -0.05) is 13.8 Å². The average molecular weight is 229 g/mol. The van der Waals surface area contributed by atoms with E-state index in [1.807, 2.05) is 13.8 Å². The lowest BCUT2D eigenvalue weighted by Gasteiger charge is -2.26. The number of methoxy groups -OCH3 is 1. The van der Waals surface area contributed by atoms with E-state index in [1.165, 1.54) is 12.0 Å². The molecule has 1 rings (SSSR count). The zero-order valence-electron chi connectivity index (χ0n) is 9.97. The number of likely N-dealkylation sites (tertiary alicyclic amines) is 1. The van der Waals surface area contributed by atoms with Crippen LogP contribution in [0.1, 0.15) is 26.7 Å². The number of carbonyl (C=O) groups excluding carboxylic acids is 2. The first-order valence-electron chi connectivity index (χ1n) is 5.52. The Balaban J connectivity index is 2.67. The van der Waals surface area contributed by atoms with Gasteiger partial charge in [-0.15, -0.1) is 0 Å². The number of ether oxygens (including phenoxy) is 1. The molecule has 16 heavy (non-hydrogen) atoms. The number of amides is 1. The molecule has 2 atom stereocenters. The lowest BCUT2D eigenvalue weighted by Crippen LogP contribution is -2.44. The van der Waals surface area contributed by atoms with Crippen molar-refractivity contribution >= 4 is 11.9 Å². The molecule has 1 unspecified atom stereocenters. The highest BCUT2D eigenvalue weighted by molar-refractivity contribution is 5.88. The minimum Gasteiger partial charge on any atom is -0.467 e. The molecular weight excluding hydrogens is 210 g/mol. The van der Waals surface area contributed by atoms with Gasteiger partial charge in [0.05, 0.1) is 13.2 Å². The molecule has 1 N–H and O–H groups in total. The summed E-state index contributed by atoms with van der Waals surface area (Å²) in [5.41, 5.74) is 0. The minimum absolute atomic E-state index is 0.0618. The topological polar surface area (TPSA) is 66.8 Å². The molecule has 1 fully saturated rings. The molecule has 1 aliphatic rings. The summed E-state index contributed by atoms with van der Waals surface area (Å²) in [7, 11) is 1.31. The Morgan fingerprint density at radius 3 is 2.75 bits per heavy atom. The maximum absolute atomic E-state index is 11.6. The first-order valence-corrected chi connectivity index (χ1v) is 5.52. The van der Waals surface area contributed by atoms with Gasteiger partial charge in [0.1, 0.15) is 6.04 Å². The van der Waals surface area contributed by atoms with Crippen LogP contribution in [0, 0.1) is 5.92 Å². The molecule has 0 saturated carbocycles. The van der Waals surface area contributed by atoms with Gasteiger partial charge in [-0.05, 0) is 12.3 Å². The number of nitrogens with zero attached hydrogens (tertiary/aromatic N) is 1. The van der Waals surface area contributed by atoms with Crippen LogP contribution in [-0.2, 0) is 14.3 Å². The highest BCUT2D eigenvalue weighted by Gasteiger charge is 2.37. The standard InChI is InChI=1S/C11H19NO4/c1-7(2)9(13)6-12-8(11(15)16-3)4-5-10(12)14/h7-9,13H,4-6H2,1-3H3/t8-,9?/m0/s1. The third kappa shape index (κ3) is 2.72. The number of hydrogen-bond donors (Lipinski definition) is 1. The Bertz CT molecular complexity index is 277. The van der Waals surface area contributed by atoms with E-state index in [9.17, 15) is 14.7 Å². The van der Waals surface area contributed by atoms with Crippen LogP contribution in [0.4, 0.5) is 0 Å². The van der Waals surface area contributed by atoms with Gasteiger partial charge in [0, 0.05) is 13.0 Å². The highest BCUT2D eigenvalue weighted by atomic mass is 16.5. The van der Waals surface area contributed by atoms with Crippen molar-refractivity contribution in [2.75, 3.05) is 13.7 Å². The van der Waals surface area contributed by atoms with Gasteiger partial charge in [0.25, 0.3) is 0 Å². The normalized spacial score (nSPS) is 22.7. The molecule has 1 amide bonds. The molecule has 0 radical (unpaired) electrons. The average Bonchev–Trinajstić information content (AvgIpc) is 2.59. The van der Waals surface area contributed by atoms with Crippen molar-refractivity contribution in [2.24, 2.45) is 5.92 Å². The minimum atomic E-state index is -0.603. The molecule has 5 heteroatoms. The second-order valence-electron chi connectivity index (χ2n) is 4.44. The number of β-amino-alcohol motifs (C(OH)–C–C–N with tert-alkyl or cyclic N) is 1. The van der Waals surface area contributed by atoms with E-state index < -0.39 is 18.1 Å². The maximum Gasteiger partial charge on any atom is 0.328 e. The zero-order valence-corrected chi connectivity index (χ0v) is 9.97. The molecular formula is C11H19NO4.